The number of hydrogen-bond acceptors (Lipinski definition) is 4. The zero-order chi connectivity index (χ0) is 12.3. The van der Waals surface area contributed by atoms with Gasteiger partial charge in [0.2, 0.25) is 0 Å². The lowest BCUT2D eigenvalue weighted by atomic mass is 10.2. The molecule has 2 rings (SSSR count). The van der Waals surface area contributed by atoms with E-state index in [-0.39, 0.29) is 17.6 Å². The number of aromatic nitrogens is 2. The molecule has 0 atom stereocenters. The van der Waals surface area contributed by atoms with E-state index in [1.807, 2.05) is 6.07 Å². The van der Waals surface area contributed by atoms with Gasteiger partial charge in [0.05, 0.1) is 18.6 Å². The number of hydrogen-bond donors (Lipinski definition) is 1. The third kappa shape index (κ3) is 2.33. The number of aromatic amines is 1. The van der Waals surface area contributed by atoms with Gasteiger partial charge in [0.25, 0.3) is 10.0 Å². The van der Waals surface area contributed by atoms with Gasteiger partial charge in [-0.25, -0.2) is 13.4 Å². The van der Waals surface area contributed by atoms with Gasteiger partial charge in [0.1, 0.15) is 6.54 Å². The SMILES string of the molecule is N#CCN(C1CCCC1)S(=O)(=O)c1cnc[nH]1. The van der Waals surface area contributed by atoms with Crippen LogP contribution in [0.3, 0.4) is 0 Å². The minimum atomic E-state index is -3.61. The van der Waals surface area contributed by atoms with Crippen molar-refractivity contribution in [3.05, 3.63) is 12.5 Å². The van der Waals surface area contributed by atoms with Crippen molar-refractivity contribution in [1.82, 2.24) is 14.3 Å². The predicted molar refractivity (Wildman–Crippen MR) is 60.3 cm³/mol. The molecular weight excluding hydrogens is 240 g/mol. The van der Waals surface area contributed by atoms with E-state index in [4.69, 9.17) is 5.26 Å². The first-order valence-electron chi connectivity index (χ1n) is 5.53. The van der Waals surface area contributed by atoms with Crippen molar-refractivity contribution < 1.29 is 8.42 Å². The quantitative estimate of drug-likeness (QED) is 0.807. The highest BCUT2D eigenvalue weighted by Crippen LogP contribution is 2.27. The Kier molecular flexibility index (Phi) is 3.45. The van der Waals surface area contributed by atoms with Gasteiger partial charge in [-0.1, -0.05) is 12.8 Å². The first kappa shape index (κ1) is 12.1. The molecule has 0 aliphatic heterocycles. The summed E-state index contributed by atoms with van der Waals surface area (Å²) < 4.78 is 25.8. The summed E-state index contributed by atoms with van der Waals surface area (Å²) in [5.41, 5.74) is 0. The fourth-order valence-electron chi connectivity index (χ4n) is 2.18. The molecule has 0 unspecified atom stereocenters. The van der Waals surface area contributed by atoms with E-state index < -0.39 is 10.0 Å². The van der Waals surface area contributed by atoms with Gasteiger partial charge in [-0.15, -0.1) is 0 Å². The van der Waals surface area contributed by atoms with Crippen LogP contribution in [0.15, 0.2) is 17.6 Å². The maximum absolute atomic E-state index is 12.3. The van der Waals surface area contributed by atoms with Crippen molar-refractivity contribution in [2.75, 3.05) is 6.54 Å². The van der Waals surface area contributed by atoms with Gasteiger partial charge in [0, 0.05) is 6.04 Å². The average Bonchev–Trinajstić information content (AvgIpc) is 2.97. The van der Waals surface area contributed by atoms with Gasteiger partial charge in [-0.05, 0) is 12.8 Å². The summed E-state index contributed by atoms with van der Waals surface area (Å²) in [5.74, 6) is 0. The van der Waals surface area contributed by atoms with Crippen LogP contribution in [-0.2, 0) is 10.0 Å². The smallest absolute Gasteiger partial charge is 0.261 e. The molecule has 1 aliphatic carbocycles. The number of sulfonamides is 1. The molecule has 1 aliphatic rings. The highest BCUT2D eigenvalue weighted by atomic mass is 32.2. The number of nitrogens with one attached hydrogen (secondary N) is 1. The molecule has 7 heteroatoms. The summed E-state index contributed by atoms with van der Waals surface area (Å²) in [6.45, 7) is -0.105. The second-order valence-corrected chi connectivity index (χ2v) is 5.92. The van der Waals surface area contributed by atoms with Crippen molar-refractivity contribution >= 4 is 10.0 Å². The van der Waals surface area contributed by atoms with Crippen molar-refractivity contribution in [3.63, 3.8) is 0 Å². The predicted octanol–water partition coefficient (Wildman–Crippen LogP) is 0.867. The van der Waals surface area contributed by atoms with Crippen LogP contribution >= 0.6 is 0 Å². The zero-order valence-electron chi connectivity index (χ0n) is 9.33. The molecule has 1 fully saturated rings. The maximum atomic E-state index is 12.3. The van der Waals surface area contributed by atoms with E-state index >= 15 is 0 Å². The lowest BCUT2D eigenvalue weighted by Crippen LogP contribution is -2.39. The van der Waals surface area contributed by atoms with E-state index in [1.165, 1.54) is 16.8 Å². The van der Waals surface area contributed by atoms with Gasteiger partial charge in [0.15, 0.2) is 5.03 Å². The lowest BCUT2D eigenvalue weighted by molar-refractivity contribution is 0.349. The molecular formula is C10H14N4O2S. The van der Waals surface area contributed by atoms with E-state index in [2.05, 4.69) is 9.97 Å². The van der Waals surface area contributed by atoms with Crippen LogP contribution in [0.25, 0.3) is 0 Å². The summed E-state index contributed by atoms with van der Waals surface area (Å²) in [6.07, 6.45) is 6.29. The Balaban J connectivity index is 2.30. The van der Waals surface area contributed by atoms with E-state index in [0.29, 0.717) is 0 Å². The molecule has 6 nitrogen and oxygen atoms in total. The third-order valence-electron chi connectivity index (χ3n) is 3.02. The minimum absolute atomic E-state index is 0.0528. The Labute approximate surface area is 100 Å². The van der Waals surface area contributed by atoms with Crippen LogP contribution in [-0.4, -0.2) is 35.3 Å². The Morgan fingerprint density at radius 2 is 2.24 bits per heavy atom. The standard InChI is InChI=1S/C10H14N4O2S/c11-5-6-14(9-3-1-2-4-9)17(15,16)10-7-12-8-13-10/h7-9H,1-4,6H2,(H,12,13). The molecule has 1 N–H and O–H groups in total. The van der Waals surface area contributed by atoms with Gasteiger partial charge >= 0.3 is 0 Å². The van der Waals surface area contributed by atoms with Crippen LogP contribution in [0, 0.1) is 11.3 Å². The summed E-state index contributed by atoms with van der Waals surface area (Å²) in [6, 6.07) is 1.87. The zero-order valence-corrected chi connectivity index (χ0v) is 10.2. The van der Waals surface area contributed by atoms with Crippen LogP contribution in [0.1, 0.15) is 25.7 Å². The number of nitriles is 1. The van der Waals surface area contributed by atoms with E-state index in [1.54, 1.807) is 0 Å². The minimum Gasteiger partial charge on any atom is -0.335 e. The van der Waals surface area contributed by atoms with Crippen molar-refractivity contribution in [2.24, 2.45) is 0 Å². The molecule has 0 amide bonds. The summed E-state index contributed by atoms with van der Waals surface area (Å²) >= 11 is 0. The summed E-state index contributed by atoms with van der Waals surface area (Å²) in [7, 11) is -3.61. The molecule has 1 aromatic heterocycles. The second kappa shape index (κ2) is 4.85. The molecule has 92 valence electrons. The third-order valence-corrected chi connectivity index (χ3v) is 4.84. The number of H-pyrrole nitrogens is 1. The van der Waals surface area contributed by atoms with Crippen LogP contribution in [0.2, 0.25) is 0 Å². The second-order valence-electron chi connectivity index (χ2n) is 4.06. The Morgan fingerprint density at radius 3 is 2.76 bits per heavy atom. The molecule has 1 aromatic rings. The van der Waals surface area contributed by atoms with Crippen molar-refractivity contribution in [1.29, 1.82) is 5.26 Å². The number of imidazole rings is 1. The van der Waals surface area contributed by atoms with Gasteiger partial charge in [-0.3, -0.25) is 0 Å². The summed E-state index contributed by atoms with van der Waals surface area (Å²) in [5, 5.41) is 8.83. The highest BCUT2D eigenvalue weighted by molar-refractivity contribution is 7.89. The number of nitrogens with zero attached hydrogens (tertiary/aromatic N) is 3. The van der Waals surface area contributed by atoms with Crippen LogP contribution in [0.4, 0.5) is 0 Å². The van der Waals surface area contributed by atoms with Crippen LogP contribution in [0.5, 0.6) is 0 Å². The molecule has 0 saturated heterocycles. The Morgan fingerprint density at radius 1 is 1.53 bits per heavy atom. The largest absolute Gasteiger partial charge is 0.335 e. The summed E-state index contributed by atoms with van der Waals surface area (Å²) in [4.78, 5) is 6.30. The monoisotopic (exact) mass is 254 g/mol. The van der Waals surface area contributed by atoms with Gasteiger partial charge < -0.3 is 4.98 Å². The molecule has 1 heterocycles. The first-order valence-corrected chi connectivity index (χ1v) is 6.97. The Hall–Kier alpha value is -1.39. The van der Waals surface area contributed by atoms with Crippen molar-refractivity contribution in [2.45, 2.75) is 36.8 Å². The fourth-order valence-corrected chi connectivity index (χ4v) is 3.66. The Bertz CT molecular complexity index is 497. The van der Waals surface area contributed by atoms with E-state index in [9.17, 15) is 8.42 Å². The average molecular weight is 254 g/mol. The molecule has 0 radical (unpaired) electrons. The van der Waals surface area contributed by atoms with Gasteiger partial charge in [-0.2, -0.15) is 9.57 Å². The van der Waals surface area contributed by atoms with Crippen LogP contribution < -0.4 is 0 Å². The topological polar surface area (TPSA) is 89.8 Å². The molecule has 1 saturated carbocycles. The van der Waals surface area contributed by atoms with E-state index in [0.717, 1.165) is 25.7 Å². The maximum Gasteiger partial charge on any atom is 0.261 e. The molecule has 17 heavy (non-hydrogen) atoms. The first-order chi connectivity index (χ1) is 8.16. The van der Waals surface area contributed by atoms with Crippen molar-refractivity contribution in [3.8, 4) is 6.07 Å². The number of rotatable bonds is 4. The lowest BCUT2D eigenvalue weighted by Gasteiger charge is -2.24. The molecule has 0 bridgehead atoms. The fraction of sp³-hybridized carbons (Fsp3) is 0.600. The normalized spacial score (nSPS) is 17.4. The molecule has 0 spiro atoms. The molecule has 0 aromatic carbocycles. The highest BCUT2D eigenvalue weighted by Gasteiger charge is 2.33.